The largest absolute Gasteiger partial charge is 0.485 e. The molecule has 0 aliphatic carbocycles. The number of hydrogen-bond acceptors (Lipinski definition) is 7. The van der Waals surface area contributed by atoms with Crippen LogP contribution in [0.5, 0.6) is 5.75 Å². The Hall–Kier alpha value is -2.93. The lowest BCUT2D eigenvalue weighted by Gasteiger charge is -2.22. The molecule has 1 N–H and O–H groups in total. The van der Waals surface area contributed by atoms with E-state index in [2.05, 4.69) is 20.4 Å². The highest BCUT2D eigenvalue weighted by atomic mass is 16.5. The topological polar surface area (TPSA) is 82.3 Å². The second kappa shape index (κ2) is 8.64. The smallest absolute Gasteiger partial charge is 0.259 e. The van der Waals surface area contributed by atoms with Crippen molar-refractivity contribution in [3.63, 3.8) is 0 Å². The van der Waals surface area contributed by atoms with Crippen molar-refractivity contribution in [2.24, 2.45) is 0 Å². The first-order valence-electron chi connectivity index (χ1n) is 9.19. The molecule has 0 bridgehead atoms. The van der Waals surface area contributed by atoms with Crippen molar-refractivity contribution >= 4 is 5.82 Å². The van der Waals surface area contributed by atoms with E-state index in [1.807, 2.05) is 42.5 Å². The number of benzene rings is 1. The van der Waals surface area contributed by atoms with Gasteiger partial charge in [-0.1, -0.05) is 23.4 Å². The van der Waals surface area contributed by atoms with Crippen molar-refractivity contribution in [3.05, 3.63) is 54.5 Å². The van der Waals surface area contributed by atoms with Crippen LogP contribution in [0.4, 0.5) is 5.82 Å². The Labute approximate surface area is 157 Å². The van der Waals surface area contributed by atoms with Crippen LogP contribution >= 0.6 is 0 Å². The maximum absolute atomic E-state index is 5.71. The average Bonchev–Trinajstić information content (AvgIpc) is 3.22. The lowest BCUT2D eigenvalue weighted by molar-refractivity contribution is 0.0247. The van der Waals surface area contributed by atoms with E-state index >= 15 is 0 Å². The van der Waals surface area contributed by atoms with Crippen LogP contribution in [0.3, 0.4) is 0 Å². The highest BCUT2D eigenvalue weighted by molar-refractivity contribution is 5.54. The number of anilines is 1. The molecule has 2 aromatic heterocycles. The lowest BCUT2D eigenvalue weighted by atomic mass is 10.1. The van der Waals surface area contributed by atoms with E-state index < -0.39 is 0 Å². The number of ether oxygens (including phenoxy) is 2. The number of hydrogen-bond donors (Lipinski definition) is 1. The first kappa shape index (κ1) is 17.5. The number of pyridine rings is 1. The summed E-state index contributed by atoms with van der Waals surface area (Å²) < 4.78 is 16.7. The quantitative estimate of drug-likeness (QED) is 0.683. The molecule has 0 radical (unpaired) electrons. The van der Waals surface area contributed by atoms with Crippen molar-refractivity contribution in [2.75, 3.05) is 18.5 Å². The van der Waals surface area contributed by atoms with Crippen LogP contribution in [-0.4, -0.2) is 34.4 Å². The zero-order valence-electron chi connectivity index (χ0n) is 15.0. The molecule has 140 valence electrons. The van der Waals surface area contributed by atoms with Crippen molar-refractivity contribution in [3.8, 4) is 17.2 Å². The monoisotopic (exact) mass is 366 g/mol. The SMILES string of the molecule is c1ccc(OCc2noc(-c3ccc(NCC4CCCCO4)nc3)n2)cc1. The van der Waals surface area contributed by atoms with Crippen LogP contribution in [-0.2, 0) is 11.3 Å². The Morgan fingerprint density at radius 1 is 1.11 bits per heavy atom. The van der Waals surface area contributed by atoms with Gasteiger partial charge in [-0.2, -0.15) is 4.98 Å². The molecule has 3 heterocycles. The predicted octanol–water partition coefficient (Wildman–Crippen LogP) is 3.69. The molecule has 1 aliphatic heterocycles. The lowest BCUT2D eigenvalue weighted by Crippen LogP contribution is -2.27. The summed E-state index contributed by atoms with van der Waals surface area (Å²) in [7, 11) is 0. The van der Waals surface area contributed by atoms with E-state index in [9.17, 15) is 0 Å². The Bertz CT molecular complexity index is 830. The summed E-state index contributed by atoms with van der Waals surface area (Å²) in [5.41, 5.74) is 0.771. The van der Waals surface area contributed by atoms with Gasteiger partial charge in [0.15, 0.2) is 6.61 Å². The standard InChI is InChI=1S/C20H22N4O3/c1-2-6-16(7-3-1)26-14-19-23-20(27-24-19)15-9-10-18(21-12-15)22-13-17-8-4-5-11-25-17/h1-3,6-7,9-10,12,17H,4-5,8,11,13-14H2,(H,21,22). The van der Waals surface area contributed by atoms with E-state index in [0.717, 1.165) is 43.1 Å². The molecule has 1 fully saturated rings. The molecule has 3 aromatic rings. The maximum atomic E-state index is 5.71. The molecule has 1 atom stereocenters. The zero-order valence-corrected chi connectivity index (χ0v) is 15.0. The molecule has 27 heavy (non-hydrogen) atoms. The zero-order chi connectivity index (χ0) is 18.3. The van der Waals surface area contributed by atoms with Gasteiger partial charge in [-0.3, -0.25) is 0 Å². The molecule has 7 nitrogen and oxygen atoms in total. The summed E-state index contributed by atoms with van der Waals surface area (Å²) in [6.45, 7) is 1.88. The molecule has 0 saturated carbocycles. The minimum atomic E-state index is 0.252. The van der Waals surface area contributed by atoms with Gasteiger partial charge in [-0.05, 0) is 43.5 Å². The fourth-order valence-corrected chi connectivity index (χ4v) is 2.91. The van der Waals surface area contributed by atoms with Crippen LogP contribution < -0.4 is 10.1 Å². The Balaban J connectivity index is 1.31. The van der Waals surface area contributed by atoms with Crippen LogP contribution in [0.2, 0.25) is 0 Å². The summed E-state index contributed by atoms with van der Waals surface area (Å²) in [4.78, 5) is 8.78. The molecule has 0 spiro atoms. The number of nitrogens with zero attached hydrogens (tertiary/aromatic N) is 3. The van der Waals surface area contributed by atoms with Gasteiger partial charge in [0, 0.05) is 19.3 Å². The molecular weight excluding hydrogens is 344 g/mol. The minimum Gasteiger partial charge on any atom is -0.485 e. The second-order valence-corrected chi connectivity index (χ2v) is 6.42. The maximum Gasteiger partial charge on any atom is 0.259 e. The summed E-state index contributed by atoms with van der Waals surface area (Å²) in [5, 5.41) is 7.27. The molecule has 1 aromatic carbocycles. The van der Waals surface area contributed by atoms with Gasteiger partial charge in [-0.15, -0.1) is 0 Å². The fourth-order valence-electron chi connectivity index (χ4n) is 2.91. The van der Waals surface area contributed by atoms with Gasteiger partial charge >= 0.3 is 0 Å². The Kier molecular flexibility index (Phi) is 5.59. The van der Waals surface area contributed by atoms with Gasteiger partial charge in [-0.25, -0.2) is 4.98 Å². The Morgan fingerprint density at radius 2 is 2.04 bits per heavy atom. The number of nitrogens with one attached hydrogen (secondary N) is 1. The van der Waals surface area contributed by atoms with Gasteiger partial charge < -0.3 is 19.3 Å². The molecule has 7 heteroatoms. The number of rotatable bonds is 7. The second-order valence-electron chi connectivity index (χ2n) is 6.42. The third-order valence-electron chi connectivity index (χ3n) is 4.37. The van der Waals surface area contributed by atoms with E-state index in [4.69, 9.17) is 14.0 Å². The van der Waals surface area contributed by atoms with Crippen LogP contribution in [0.25, 0.3) is 11.5 Å². The van der Waals surface area contributed by atoms with Crippen LogP contribution in [0.1, 0.15) is 25.1 Å². The van der Waals surface area contributed by atoms with Crippen molar-refractivity contribution in [1.82, 2.24) is 15.1 Å². The summed E-state index contributed by atoms with van der Waals surface area (Å²) in [5.74, 6) is 2.49. The van der Waals surface area contributed by atoms with Gasteiger partial charge in [0.05, 0.1) is 11.7 Å². The van der Waals surface area contributed by atoms with E-state index in [1.165, 1.54) is 6.42 Å². The summed E-state index contributed by atoms with van der Waals surface area (Å²) in [6, 6.07) is 13.4. The van der Waals surface area contributed by atoms with Crippen molar-refractivity contribution in [2.45, 2.75) is 32.0 Å². The first-order valence-corrected chi connectivity index (χ1v) is 9.19. The Morgan fingerprint density at radius 3 is 2.81 bits per heavy atom. The van der Waals surface area contributed by atoms with Gasteiger partial charge in [0.25, 0.3) is 5.89 Å². The molecule has 4 rings (SSSR count). The van der Waals surface area contributed by atoms with E-state index in [1.54, 1.807) is 6.20 Å². The van der Waals surface area contributed by atoms with Crippen LogP contribution in [0.15, 0.2) is 53.2 Å². The normalized spacial score (nSPS) is 16.8. The van der Waals surface area contributed by atoms with Gasteiger partial charge in [0.1, 0.15) is 11.6 Å². The van der Waals surface area contributed by atoms with Gasteiger partial charge in [0.2, 0.25) is 5.82 Å². The van der Waals surface area contributed by atoms with E-state index in [-0.39, 0.29) is 12.7 Å². The predicted molar refractivity (Wildman–Crippen MR) is 100 cm³/mol. The van der Waals surface area contributed by atoms with Crippen LogP contribution in [0, 0.1) is 0 Å². The highest BCUT2D eigenvalue weighted by Gasteiger charge is 2.14. The number of aromatic nitrogens is 3. The van der Waals surface area contributed by atoms with Crippen molar-refractivity contribution in [1.29, 1.82) is 0 Å². The fraction of sp³-hybridized carbons (Fsp3) is 0.350. The van der Waals surface area contributed by atoms with E-state index in [0.29, 0.717) is 11.7 Å². The molecule has 1 aliphatic rings. The third-order valence-corrected chi connectivity index (χ3v) is 4.37. The summed E-state index contributed by atoms with van der Waals surface area (Å²) >= 11 is 0. The molecular formula is C20H22N4O3. The molecule has 1 saturated heterocycles. The first-order chi connectivity index (χ1) is 13.4. The summed E-state index contributed by atoms with van der Waals surface area (Å²) in [6.07, 6.45) is 5.47. The van der Waals surface area contributed by atoms with Crippen molar-refractivity contribution < 1.29 is 14.0 Å². The molecule has 1 unspecified atom stereocenters. The minimum absolute atomic E-state index is 0.252. The average molecular weight is 366 g/mol. The third kappa shape index (κ3) is 4.83. The highest BCUT2D eigenvalue weighted by Crippen LogP contribution is 2.19. The number of para-hydroxylation sites is 1. The molecule has 0 amide bonds.